The fourth-order valence-corrected chi connectivity index (χ4v) is 3.59. The molecule has 0 atom stereocenters. The molecule has 2 aromatic heterocycles. The minimum atomic E-state index is 0.960. The summed E-state index contributed by atoms with van der Waals surface area (Å²) < 4.78 is 0. The maximum atomic E-state index is 4.46. The van der Waals surface area contributed by atoms with E-state index >= 15 is 0 Å². The minimum absolute atomic E-state index is 0.960. The van der Waals surface area contributed by atoms with E-state index in [0.29, 0.717) is 0 Å². The van der Waals surface area contributed by atoms with Crippen LogP contribution in [0, 0.1) is 6.92 Å². The molecule has 5 heteroatoms. The van der Waals surface area contributed by atoms with Crippen molar-refractivity contribution in [2.75, 3.05) is 18.0 Å². The number of benzene rings is 1. The Kier molecular flexibility index (Phi) is 6.12. The van der Waals surface area contributed by atoms with Crippen molar-refractivity contribution >= 4 is 16.5 Å². The van der Waals surface area contributed by atoms with E-state index < -0.39 is 0 Å². The molecule has 0 unspecified atom stereocenters. The number of pyridine rings is 1. The Hall–Kier alpha value is -2.27. The van der Waals surface area contributed by atoms with Gasteiger partial charge in [0.2, 0.25) is 5.13 Å². The van der Waals surface area contributed by atoms with Crippen LogP contribution in [0.15, 0.2) is 48.7 Å². The van der Waals surface area contributed by atoms with Crippen LogP contribution in [0.2, 0.25) is 0 Å². The predicted octanol–water partition coefficient (Wildman–Crippen LogP) is 4.76. The van der Waals surface area contributed by atoms with Crippen LogP contribution in [0.5, 0.6) is 0 Å². The Labute approximate surface area is 153 Å². The van der Waals surface area contributed by atoms with Gasteiger partial charge in [-0.1, -0.05) is 55.0 Å². The smallest absolute Gasteiger partial charge is 0.208 e. The van der Waals surface area contributed by atoms with E-state index in [1.165, 1.54) is 12.0 Å². The number of hydrogen-bond donors (Lipinski definition) is 0. The zero-order valence-electron chi connectivity index (χ0n) is 14.9. The van der Waals surface area contributed by atoms with Gasteiger partial charge in [0.25, 0.3) is 0 Å². The van der Waals surface area contributed by atoms with E-state index in [1.807, 2.05) is 19.2 Å². The molecule has 4 nitrogen and oxygen atoms in total. The lowest BCUT2D eigenvalue weighted by Gasteiger charge is -2.21. The van der Waals surface area contributed by atoms with Crippen LogP contribution in [0.4, 0.5) is 5.13 Å². The summed E-state index contributed by atoms with van der Waals surface area (Å²) in [6, 6.07) is 14.7. The summed E-state index contributed by atoms with van der Waals surface area (Å²) in [5.41, 5.74) is 3.45. The highest BCUT2D eigenvalue weighted by molar-refractivity contribution is 7.18. The Morgan fingerprint density at radius 2 is 1.88 bits per heavy atom. The lowest BCUT2D eigenvalue weighted by molar-refractivity contribution is 0.705. The molecule has 0 spiro atoms. The van der Waals surface area contributed by atoms with E-state index in [1.54, 1.807) is 11.3 Å². The molecule has 0 aliphatic heterocycles. The first-order valence-corrected chi connectivity index (χ1v) is 9.63. The summed E-state index contributed by atoms with van der Waals surface area (Å²) in [6.45, 7) is 6.21. The summed E-state index contributed by atoms with van der Waals surface area (Å²) in [5, 5.41) is 10.8. The molecule has 0 bridgehead atoms. The summed E-state index contributed by atoms with van der Waals surface area (Å²) in [6.07, 6.45) is 5.19. The minimum Gasteiger partial charge on any atom is -0.346 e. The largest absolute Gasteiger partial charge is 0.346 e. The molecule has 0 saturated heterocycles. The molecule has 0 aliphatic rings. The van der Waals surface area contributed by atoms with Crippen LogP contribution in [-0.4, -0.2) is 28.3 Å². The maximum absolute atomic E-state index is 4.46. The lowest BCUT2D eigenvalue weighted by atomic mass is 10.1. The third-order valence-corrected chi connectivity index (χ3v) is 5.16. The molecule has 0 radical (unpaired) electrons. The quantitative estimate of drug-likeness (QED) is 0.586. The average molecular weight is 353 g/mol. The van der Waals surface area contributed by atoms with Gasteiger partial charge in [-0.05, 0) is 37.5 Å². The van der Waals surface area contributed by atoms with Crippen LogP contribution in [0.1, 0.15) is 31.0 Å². The lowest BCUT2D eigenvalue weighted by Crippen LogP contribution is -2.26. The maximum Gasteiger partial charge on any atom is 0.208 e. The van der Waals surface area contributed by atoms with Crippen molar-refractivity contribution in [3.8, 4) is 10.6 Å². The SMILES string of the molecule is CCCCN(CCc1ccccc1)c1nnc(-c2ccnc(C)c2)s1. The van der Waals surface area contributed by atoms with Gasteiger partial charge in [-0.3, -0.25) is 4.98 Å². The number of aromatic nitrogens is 3. The molecule has 0 fully saturated rings. The standard InChI is InChI=1S/C20H24N4S/c1-3-4-13-24(14-11-17-8-6-5-7-9-17)20-23-22-19(25-20)18-10-12-21-16(2)15-18/h5-10,12,15H,3-4,11,13-14H2,1-2H3. The van der Waals surface area contributed by atoms with Crippen LogP contribution < -0.4 is 4.90 Å². The molecular formula is C20H24N4S. The second-order valence-electron chi connectivity index (χ2n) is 6.15. The van der Waals surface area contributed by atoms with Gasteiger partial charge >= 0.3 is 0 Å². The van der Waals surface area contributed by atoms with E-state index in [2.05, 4.69) is 63.4 Å². The Morgan fingerprint density at radius 1 is 1.04 bits per heavy atom. The van der Waals surface area contributed by atoms with Crippen molar-refractivity contribution in [1.29, 1.82) is 0 Å². The molecule has 0 aliphatic carbocycles. The van der Waals surface area contributed by atoms with Crippen molar-refractivity contribution in [3.05, 3.63) is 59.9 Å². The van der Waals surface area contributed by atoms with Gasteiger partial charge in [0, 0.05) is 30.5 Å². The molecule has 0 N–H and O–H groups in total. The Balaban J connectivity index is 1.74. The summed E-state index contributed by atoms with van der Waals surface area (Å²) in [7, 11) is 0. The normalized spacial score (nSPS) is 10.8. The van der Waals surface area contributed by atoms with E-state index in [0.717, 1.165) is 47.3 Å². The third-order valence-electron chi connectivity index (χ3n) is 4.12. The van der Waals surface area contributed by atoms with Crippen molar-refractivity contribution < 1.29 is 0 Å². The predicted molar refractivity (Wildman–Crippen MR) is 105 cm³/mol. The number of aryl methyl sites for hydroxylation is 1. The molecule has 1 aromatic carbocycles. The van der Waals surface area contributed by atoms with Crippen LogP contribution in [-0.2, 0) is 6.42 Å². The van der Waals surface area contributed by atoms with Crippen LogP contribution in [0.3, 0.4) is 0 Å². The fourth-order valence-electron chi connectivity index (χ4n) is 2.70. The molecule has 3 aromatic rings. The van der Waals surface area contributed by atoms with Crippen molar-refractivity contribution in [3.63, 3.8) is 0 Å². The first kappa shape index (κ1) is 17.5. The van der Waals surface area contributed by atoms with Crippen molar-refractivity contribution in [1.82, 2.24) is 15.2 Å². The molecule has 0 amide bonds. The number of anilines is 1. The zero-order valence-corrected chi connectivity index (χ0v) is 15.7. The zero-order chi connectivity index (χ0) is 17.5. The average Bonchev–Trinajstić information content (AvgIpc) is 3.13. The molecular weight excluding hydrogens is 328 g/mol. The van der Waals surface area contributed by atoms with Gasteiger partial charge in [0.15, 0.2) is 0 Å². The second kappa shape index (κ2) is 8.72. The second-order valence-corrected chi connectivity index (χ2v) is 7.11. The van der Waals surface area contributed by atoms with Gasteiger partial charge in [-0.15, -0.1) is 10.2 Å². The molecule has 0 saturated carbocycles. The number of hydrogen-bond acceptors (Lipinski definition) is 5. The monoisotopic (exact) mass is 352 g/mol. The van der Waals surface area contributed by atoms with Crippen molar-refractivity contribution in [2.24, 2.45) is 0 Å². The van der Waals surface area contributed by atoms with Crippen LogP contribution >= 0.6 is 11.3 Å². The van der Waals surface area contributed by atoms with Gasteiger partial charge in [0.05, 0.1) is 0 Å². The fraction of sp³-hybridized carbons (Fsp3) is 0.350. The first-order chi connectivity index (χ1) is 12.3. The van der Waals surface area contributed by atoms with Gasteiger partial charge in [-0.2, -0.15) is 0 Å². The topological polar surface area (TPSA) is 41.9 Å². The Morgan fingerprint density at radius 3 is 2.64 bits per heavy atom. The Bertz CT molecular complexity index is 785. The summed E-state index contributed by atoms with van der Waals surface area (Å²) >= 11 is 1.66. The van der Waals surface area contributed by atoms with E-state index in [9.17, 15) is 0 Å². The van der Waals surface area contributed by atoms with Gasteiger partial charge < -0.3 is 4.90 Å². The number of nitrogens with zero attached hydrogens (tertiary/aromatic N) is 4. The van der Waals surface area contributed by atoms with Crippen molar-refractivity contribution in [2.45, 2.75) is 33.1 Å². The van der Waals surface area contributed by atoms with Crippen LogP contribution in [0.25, 0.3) is 10.6 Å². The first-order valence-electron chi connectivity index (χ1n) is 8.81. The highest BCUT2D eigenvalue weighted by Gasteiger charge is 2.14. The third kappa shape index (κ3) is 4.86. The van der Waals surface area contributed by atoms with Gasteiger partial charge in [0.1, 0.15) is 5.01 Å². The van der Waals surface area contributed by atoms with E-state index in [-0.39, 0.29) is 0 Å². The molecule has 130 valence electrons. The highest BCUT2D eigenvalue weighted by Crippen LogP contribution is 2.29. The molecule has 25 heavy (non-hydrogen) atoms. The highest BCUT2D eigenvalue weighted by atomic mass is 32.1. The molecule has 2 heterocycles. The summed E-state index contributed by atoms with van der Waals surface area (Å²) in [4.78, 5) is 6.62. The number of rotatable bonds is 8. The molecule has 3 rings (SSSR count). The van der Waals surface area contributed by atoms with E-state index in [4.69, 9.17) is 0 Å². The number of unbranched alkanes of at least 4 members (excludes halogenated alkanes) is 1. The summed E-state index contributed by atoms with van der Waals surface area (Å²) in [5.74, 6) is 0. The van der Waals surface area contributed by atoms with Gasteiger partial charge in [-0.25, -0.2) is 0 Å².